The molecule has 2 N–H and O–H groups in total. The summed E-state index contributed by atoms with van der Waals surface area (Å²) in [6.07, 6.45) is 5.71. The maximum Gasteiger partial charge on any atom is 0.408 e. The molecule has 10 nitrogen and oxygen atoms in total. The average Bonchev–Trinajstić information content (AvgIpc) is 3.31. The van der Waals surface area contributed by atoms with E-state index >= 15 is 0 Å². The quantitative estimate of drug-likeness (QED) is 0.192. The average molecular weight is 524 g/mol. The molecule has 4 atom stereocenters. The second kappa shape index (κ2) is 16.1. The molecule has 210 valence electrons. The fourth-order valence-electron chi connectivity index (χ4n) is 4.01. The fourth-order valence-corrected chi connectivity index (χ4v) is 4.01. The van der Waals surface area contributed by atoms with Crippen LogP contribution >= 0.6 is 0 Å². The summed E-state index contributed by atoms with van der Waals surface area (Å²) in [5.41, 5.74) is -0.757. The molecule has 10 heteroatoms. The molecule has 0 radical (unpaired) electrons. The van der Waals surface area contributed by atoms with Gasteiger partial charge in [-0.1, -0.05) is 18.6 Å². The summed E-state index contributed by atoms with van der Waals surface area (Å²) in [7, 11) is 0. The molecular weight excluding hydrogens is 478 g/mol. The lowest BCUT2D eigenvalue weighted by Crippen LogP contribution is -2.58. The third-order valence-electron chi connectivity index (χ3n) is 5.76. The van der Waals surface area contributed by atoms with Crippen molar-refractivity contribution in [1.29, 1.82) is 0 Å². The van der Waals surface area contributed by atoms with Crippen LogP contribution in [0.4, 0.5) is 4.79 Å². The van der Waals surface area contributed by atoms with Crippen LogP contribution in [0, 0.1) is 0 Å². The number of hydrogen-bond acceptors (Lipinski definition) is 7. The normalized spacial score (nSPS) is 17.8. The predicted molar refractivity (Wildman–Crippen MR) is 141 cm³/mol. The summed E-state index contributed by atoms with van der Waals surface area (Å²) < 4.78 is 16.1. The van der Waals surface area contributed by atoms with Gasteiger partial charge in [-0.05, 0) is 66.7 Å². The number of alkyl carbamates (subject to hydrolysis) is 1. The van der Waals surface area contributed by atoms with Gasteiger partial charge in [0.25, 0.3) is 0 Å². The van der Waals surface area contributed by atoms with Gasteiger partial charge in [-0.2, -0.15) is 0 Å². The molecule has 1 saturated heterocycles. The smallest absolute Gasteiger partial charge is 0.408 e. The van der Waals surface area contributed by atoms with E-state index in [1.807, 2.05) is 6.08 Å². The van der Waals surface area contributed by atoms with Crippen LogP contribution in [0.1, 0.15) is 73.1 Å². The van der Waals surface area contributed by atoms with Crippen molar-refractivity contribution in [3.63, 3.8) is 0 Å². The number of nitrogens with one attached hydrogen (secondary N) is 2. The van der Waals surface area contributed by atoms with Crippen molar-refractivity contribution in [1.82, 2.24) is 15.5 Å². The summed E-state index contributed by atoms with van der Waals surface area (Å²) in [5, 5.41) is 5.40. The Morgan fingerprint density at radius 1 is 1.11 bits per heavy atom. The van der Waals surface area contributed by atoms with Crippen molar-refractivity contribution < 1.29 is 33.4 Å². The number of allylic oxidation sites excluding steroid dienone is 1. The van der Waals surface area contributed by atoms with Crippen LogP contribution < -0.4 is 10.6 Å². The topological polar surface area (TPSA) is 123 Å². The third kappa shape index (κ3) is 11.4. The highest BCUT2D eigenvalue weighted by Crippen LogP contribution is 2.21. The van der Waals surface area contributed by atoms with Crippen LogP contribution in [-0.2, 0) is 28.6 Å². The summed E-state index contributed by atoms with van der Waals surface area (Å²) in [6.45, 7) is 16.6. The Labute approximate surface area is 221 Å². The molecule has 0 spiro atoms. The number of carbonyl (C=O) groups is 4. The molecule has 1 aliphatic heterocycles. The zero-order chi connectivity index (χ0) is 28.0. The van der Waals surface area contributed by atoms with E-state index in [9.17, 15) is 19.2 Å². The second-order valence-electron chi connectivity index (χ2n) is 10.0. The highest BCUT2D eigenvalue weighted by Gasteiger charge is 2.41. The number of amides is 3. The minimum Gasteiger partial charge on any atom is -0.464 e. The van der Waals surface area contributed by atoms with Gasteiger partial charge in [0.1, 0.15) is 23.7 Å². The van der Waals surface area contributed by atoms with Crippen molar-refractivity contribution >= 4 is 23.9 Å². The van der Waals surface area contributed by atoms with Gasteiger partial charge < -0.3 is 29.7 Å². The molecule has 3 amide bonds. The van der Waals surface area contributed by atoms with Gasteiger partial charge in [0, 0.05) is 6.54 Å². The van der Waals surface area contributed by atoms with Gasteiger partial charge in [-0.15, -0.1) is 13.2 Å². The Morgan fingerprint density at radius 3 is 2.41 bits per heavy atom. The van der Waals surface area contributed by atoms with E-state index in [1.54, 1.807) is 40.7 Å². The van der Waals surface area contributed by atoms with Crippen molar-refractivity contribution in [2.45, 2.75) is 103 Å². The molecule has 1 rings (SSSR count). The summed E-state index contributed by atoms with van der Waals surface area (Å²) in [4.78, 5) is 53.3. The zero-order valence-electron chi connectivity index (χ0n) is 23.0. The van der Waals surface area contributed by atoms with Gasteiger partial charge in [-0.25, -0.2) is 9.59 Å². The molecule has 0 saturated carbocycles. The van der Waals surface area contributed by atoms with E-state index in [1.165, 1.54) is 4.90 Å². The van der Waals surface area contributed by atoms with E-state index in [2.05, 4.69) is 23.8 Å². The molecule has 0 aromatic rings. The van der Waals surface area contributed by atoms with Crippen LogP contribution in [0.2, 0.25) is 0 Å². The van der Waals surface area contributed by atoms with Crippen molar-refractivity contribution in [3.8, 4) is 0 Å². The molecule has 1 heterocycles. The second-order valence-corrected chi connectivity index (χ2v) is 10.0. The number of likely N-dealkylation sites (tertiary alicyclic amines) is 1. The zero-order valence-corrected chi connectivity index (χ0v) is 23.0. The Bertz CT molecular complexity index is 793. The number of esters is 1. The molecule has 0 aromatic carbocycles. The molecule has 0 aliphatic carbocycles. The third-order valence-corrected chi connectivity index (χ3v) is 5.76. The predicted octanol–water partition coefficient (Wildman–Crippen LogP) is 3.26. The van der Waals surface area contributed by atoms with Gasteiger partial charge in [0.15, 0.2) is 0 Å². The Balaban J connectivity index is 3.02. The highest BCUT2D eigenvalue weighted by molar-refractivity contribution is 5.93. The SMILES string of the molecule is C=CCCCC[C@H](NC(=O)[C@@H]1CCCN1C(=O)[C@@H](NC(=O)OC(C)(C)C)[C@H](C)OCC=C)C(=O)OCC. The maximum atomic E-state index is 13.6. The molecular formula is C27H45N3O7. The number of nitrogens with zero attached hydrogens (tertiary/aromatic N) is 1. The minimum atomic E-state index is -1.08. The molecule has 0 aromatic heterocycles. The first-order valence-corrected chi connectivity index (χ1v) is 13.1. The summed E-state index contributed by atoms with van der Waals surface area (Å²) in [6, 6.07) is -2.67. The Kier molecular flexibility index (Phi) is 14.0. The van der Waals surface area contributed by atoms with Gasteiger partial charge >= 0.3 is 12.1 Å². The van der Waals surface area contributed by atoms with Crippen LogP contribution in [0.15, 0.2) is 25.3 Å². The first kappa shape index (κ1) is 32.1. The number of carbonyl (C=O) groups excluding carboxylic acids is 4. The first-order chi connectivity index (χ1) is 17.4. The number of ether oxygens (including phenoxy) is 3. The first-order valence-electron chi connectivity index (χ1n) is 13.1. The Morgan fingerprint density at radius 2 is 1.81 bits per heavy atom. The van der Waals surface area contributed by atoms with Crippen LogP contribution in [-0.4, -0.2) is 78.4 Å². The fraction of sp³-hybridized carbons (Fsp3) is 0.704. The standard InChI is InChI=1S/C27H45N3O7/c1-8-11-12-13-15-20(25(33)35-10-3)28-23(31)21-16-14-17-30(21)24(32)22(19(4)36-18-9-2)29-26(34)37-27(5,6)7/h8-9,19-22H,1-2,10-18H2,3-7H3,(H,28,31)(H,29,34)/t19-,20-,21-,22-/m0/s1. The Hall–Kier alpha value is -2.88. The molecule has 37 heavy (non-hydrogen) atoms. The van der Waals surface area contributed by atoms with Crippen molar-refractivity contribution in [2.75, 3.05) is 19.8 Å². The van der Waals surface area contributed by atoms with Crippen LogP contribution in [0.3, 0.4) is 0 Å². The minimum absolute atomic E-state index is 0.179. The van der Waals surface area contributed by atoms with Crippen LogP contribution in [0.5, 0.6) is 0 Å². The lowest BCUT2D eigenvalue weighted by molar-refractivity contribution is -0.149. The van der Waals surface area contributed by atoms with Gasteiger partial charge in [0.05, 0.1) is 19.3 Å². The number of unbranched alkanes of at least 4 members (excludes halogenated alkanes) is 2. The largest absolute Gasteiger partial charge is 0.464 e. The molecule has 0 bridgehead atoms. The molecule has 1 fully saturated rings. The maximum absolute atomic E-state index is 13.6. The molecule has 0 unspecified atom stereocenters. The van der Waals surface area contributed by atoms with Gasteiger partial charge in [-0.3, -0.25) is 9.59 Å². The van der Waals surface area contributed by atoms with Crippen LogP contribution in [0.25, 0.3) is 0 Å². The monoisotopic (exact) mass is 523 g/mol. The van der Waals surface area contributed by atoms with Crippen molar-refractivity contribution in [2.24, 2.45) is 0 Å². The highest BCUT2D eigenvalue weighted by atomic mass is 16.6. The molecule has 1 aliphatic rings. The summed E-state index contributed by atoms with van der Waals surface area (Å²) >= 11 is 0. The van der Waals surface area contributed by atoms with Gasteiger partial charge in [0.2, 0.25) is 11.8 Å². The lowest BCUT2D eigenvalue weighted by atomic mass is 10.1. The van der Waals surface area contributed by atoms with E-state index in [4.69, 9.17) is 14.2 Å². The van der Waals surface area contributed by atoms with Crippen molar-refractivity contribution in [3.05, 3.63) is 25.3 Å². The number of hydrogen-bond donors (Lipinski definition) is 2. The van der Waals surface area contributed by atoms with E-state index in [0.29, 0.717) is 32.2 Å². The van der Waals surface area contributed by atoms with E-state index < -0.39 is 53.7 Å². The summed E-state index contributed by atoms with van der Waals surface area (Å²) in [5.74, 6) is -1.39. The van der Waals surface area contributed by atoms with E-state index in [-0.39, 0.29) is 13.2 Å². The lowest BCUT2D eigenvalue weighted by Gasteiger charge is -2.32. The van der Waals surface area contributed by atoms with E-state index in [0.717, 1.165) is 12.8 Å². The number of rotatable bonds is 15.